The maximum Gasteiger partial charge on any atom is 0.0413 e. The highest BCUT2D eigenvalue weighted by atomic mass is 32.1. The van der Waals surface area contributed by atoms with Crippen LogP contribution in [0.15, 0.2) is 17.5 Å². The molecule has 0 saturated heterocycles. The Morgan fingerprint density at radius 3 is 2.56 bits per heavy atom. The molecule has 104 valence electrons. The van der Waals surface area contributed by atoms with E-state index in [-0.39, 0.29) is 0 Å². The van der Waals surface area contributed by atoms with E-state index in [1.165, 1.54) is 17.7 Å². The summed E-state index contributed by atoms with van der Waals surface area (Å²) < 4.78 is 0. The van der Waals surface area contributed by atoms with E-state index in [4.69, 9.17) is 0 Å². The van der Waals surface area contributed by atoms with Crippen molar-refractivity contribution in [1.82, 2.24) is 10.2 Å². The van der Waals surface area contributed by atoms with Crippen LogP contribution >= 0.6 is 11.3 Å². The summed E-state index contributed by atoms with van der Waals surface area (Å²) in [6, 6.07) is 6.14. The second-order valence-electron chi connectivity index (χ2n) is 5.46. The summed E-state index contributed by atoms with van der Waals surface area (Å²) in [5.41, 5.74) is 0. The van der Waals surface area contributed by atoms with Crippen molar-refractivity contribution in [2.45, 2.75) is 58.7 Å². The van der Waals surface area contributed by atoms with Crippen molar-refractivity contribution in [3.63, 3.8) is 0 Å². The van der Waals surface area contributed by atoms with E-state index in [1.807, 2.05) is 11.3 Å². The molecule has 0 bridgehead atoms. The molecular formula is C15H28N2S. The Bertz CT molecular complexity index is 308. The lowest BCUT2D eigenvalue weighted by molar-refractivity contribution is 0.188. The van der Waals surface area contributed by atoms with Gasteiger partial charge in [-0.15, -0.1) is 11.3 Å². The predicted molar refractivity (Wildman–Crippen MR) is 82.3 cm³/mol. The fraction of sp³-hybridized carbons (Fsp3) is 0.733. The van der Waals surface area contributed by atoms with Crippen molar-refractivity contribution in [2.24, 2.45) is 0 Å². The SMILES string of the molecule is CC(C)NCCCC(C)N(C)C(C)c1cccs1. The van der Waals surface area contributed by atoms with Gasteiger partial charge in [-0.1, -0.05) is 19.9 Å². The van der Waals surface area contributed by atoms with Gasteiger partial charge in [0.15, 0.2) is 0 Å². The summed E-state index contributed by atoms with van der Waals surface area (Å²) in [6.45, 7) is 10.2. The molecule has 0 fully saturated rings. The van der Waals surface area contributed by atoms with Crippen LogP contribution in [0.1, 0.15) is 51.5 Å². The molecule has 2 atom stereocenters. The van der Waals surface area contributed by atoms with Gasteiger partial charge in [0.2, 0.25) is 0 Å². The first-order valence-electron chi connectivity index (χ1n) is 7.01. The lowest BCUT2D eigenvalue weighted by Crippen LogP contribution is -2.32. The van der Waals surface area contributed by atoms with Gasteiger partial charge < -0.3 is 5.32 Å². The van der Waals surface area contributed by atoms with Gasteiger partial charge in [-0.3, -0.25) is 4.90 Å². The van der Waals surface area contributed by atoms with E-state index >= 15 is 0 Å². The number of nitrogens with one attached hydrogen (secondary N) is 1. The topological polar surface area (TPSA) is 15.3 Å². The minimum atomic E-state index is 0.526. The maximum atomic E-state index is 3.48. The molecule has 0 aliphatic heterocycles. The average molecular weight is 268 g/mol. The Labute approximate surface area is 116 Å². The lowest BCUT2D eigenvalue weighted by atomic mass is 10.1. The second kappa shape index (κ2) is 7.93. The third-order valence-corrected chi connectivity index (χ3v) is 4.65. The highest BCUT2D eigenvalue weighted by Gasteiger charge is 2.17. The van der Waals surface area contributed by atoms with Crippen molar-refractivity contribution in [3.8, 4) is 0 Å². The Morgan fingerprint density at radius 1 is 1.28 bits per heavy atom. The van der Waals surface area contributed by atoms with Crippen LogP contribution in [0.5, 0.6) is 0 Å². The molecule has 3 heteroatoms. The zero-order valence-corrected chi connectivity index (χ0v) is 13.3. The Kier molecular flexibility index (Phi) is 6.90. The second-order valence-corrected chi connectivity index (χ2v) is 6.44. The van der Waals surface area contributed by atoms with E-state index in [1.54, 1.807) is 0 Å². The third kappa shape index (κ3) is 5.09. The normalized spacial score (nSPS) is 15.3. The zero-order valence-electron chi connectivity index (χ0n) is 12.4. The van der Waals surface area contributed by atoms with Gasteiger partial charge in [0.25, 0.3) is 0 Å². The molecule has 0 aliphatic carbocycles. The van der Waals surface area contributed by atoms with Crippen LogP contribution in [-0.2, 0) is 0 Å². The molecule has 0 amide bonds. The summed E-state index contributed by atoms with van der Waals surface area (Å²) in [5, 5.41) is 5.64. The van der Waals surface area contributed by atoms with Crippen LogP contribution in [0.3, 0.4) is 0 Å². The molecule has 2 nitrogen and oxygen atoms in total. The standard InChI is InChI=1S/C15H28N2S/c1-12(2)16-10-6-8-13(3)17(5)14(4)15-9-7-11-18-15/h7,9,11-14,16H,6,8,10H2,1-5H3. The summed E-state index contributed by atoms with van der Waals surface area (Å²) in [7, 11) is 2.24. The van der Waals surface area contributed by atoms with Crippen LogP contribution in [-0.4, -0.2) is 30.6 Å². The summed E-state index contributed by atoms with van der Waals surface area (Å²) >= 11 is 1.86. The number of hydrogen-bond acceptors (Lipinski definition) is 3. The molecule has 2 unspecified atom stereocenters. The zero-order chi connectivity index (χ0) is 13.5. The van der Waals surface area contributed by atoms with E-state index in [0.29, 0.717) is 18.1 Å². The molecule has 1 N–H and O–H groups in total. The molecule has 0 aromatic carbocycles. The predicted octanol–water partition coefficient (Wildman–Crippen LogP) is 3.91. The highest BCUT2D eigenvalue weighted by molar-refractivity contribution is 7.10. The van der Waals surface area contributed by atoms with Crippen molar-refractivity contribution < 1.29 is 0 Å². The van der Waals surface area contributed by atoms with E-state index in [2.05, 4.69) is 62.5 Å². The molecule has 0 saturated carbocycles. The van der Waals surface area contributed by atoms with Crippen molar-refractivity contribution in [3.05, 3.63) is 22.4 Å². The lowest BCUT2D eigenvalue weighted by Gasteiger charge is -2.30. The fourth-order valence-corrected chi connectivity index (χ4v) is 2.94. The molecule has 1 rings (SSSR count). The fourth-order valence-electron chi connectivity index (χ4n) is 2.10. The van der Waals surface area contributed by atoms with Crippen LogP contribution in [0, 0.1) is 0 Å². The van der Waals surface area contributed by atoms with E-state index < -0.39 is 0 Å². The van der Waals surface area contributed by atoms with Crippen LogP contribution < -0.4 is 5.32 Å². The molecule has 18 heavy (non-hydrogen) atoms. The molecule has 1 aromatic rings. The van der Waals surface area contributed by atoms with Gasteiger partial charge in [-0.2, -0.15) is 0 Å². The van der Waals surface area contributed by atoms with Gasteiger partial charge in [0, 0.05) is 23.0 Å². The summed E-state index contributed by atoms with van der Waals surface area (Å²) in [6.07, 6.45) is 2.51. The third-order valence-electron chi connectivity index (χ3n) is 3.61. The van der Waals surface area contributed by atoms with E-state index in [0.717, 1.165) is 6.54 Å². The monoisotopic (exact) mass is 268 g/mol. The Balaban J connectivity index is 2.30. The van der Waals surface area contributed by atoms with Crippen molar-refractivity contribution in [2.75, 3.05) is 13.6 Å². The van der Waals surface area contributed by atoms with Gasteiger partial charge in [-0.25, -0.2) is 0 Å². The molecule has 1 heterocycles. The summed E-state index contributed by atoms with van der Waals surface area (Å²) in [4.78, 5) is 3.95. The van der Waals surface area contributed by atoms with Gasteiger partial charge in [0.05, 0.1) is 0 Å². The van der Waals surface area contributed by atoms with Crippen molar-refractivity contribution >= 4 is 11.3 Å². The maximum absolute atomic E-state index is 3.48. The van der Waals surface area contributed by atoms with Crippen LogP contribution in [0.25, 0.3) is 0 Å². The van der Waals surface area contributed by atoms with Crippen LogP contribution in [0.2, 0.25) is 0 Å². The largest absolute Gasteiger partial charge is 0.315 e. The number of hydrogen-bond donors (Lipinski definition) is 1. The average Bonchev–Trinajstić information content (AvgIpc) is 2.86. The minimum Gasteiger partial charge on any atom is -0.315 e. The van der Waals surface area contributed by atoms with Gasteiger partial charge in [0.1, 0.15) is 0 Å². The first-order valence-corrected chi connectivity index (χ1v) is 7.89. The number of rotatable bonds is 8. The summed E-state index contributed by atoms with van der Waals surface area (Å²) in [5.74, 6) is 0. The first kappa shape index (κ1) is 15.7. The van der Waals surface area contributed by atoms with E-state index in [9.17, 15) is 0 Å². The molecule has 1 aromatic heterocycles. The number of thiophene rings is 1. The van der Waals surface area contributed by atoms with Gasteiger partial charge >= 0.3 is 0 Å². The Hall–Kier alpha value is -0.380. The Morgan fingerprint density at radius 2 is 2.00 bits per heavy atom. The quantitative estimate of drug-likeness (QED) is 0.719. The molecule has 0 aliphatic rings. The number of nitrogens with zero attached hydrogens (tertiary/aromatic N) is 1. The minimum absolute atomic E-state index is 0.526. The van der Waals surface area contributed by atoms with Gasteiger partial charge in [-0.05, 0) is 51.7 Å². The molecular weight excluding hydrogens is 240 g/mol. The molecule has 0 spiro atoms. The highest BCUT2D eigenvalue weighted by Crippen LogP contribution is 2.25. The molecule has 0 radical (unpaired) electrons. The smallest absolute Gasteiger partial charge is 0.0413 e. The van der Waals surface area contributed by atoms with Crippen LogP contribution in [0.4, 0.5) is 0 Å². The first-order chi connectivity index (χ1) is 8.52. The van der Waals surface area contributed by atoms with Crippen molar-refractivity contribution in [1.29, 1.82) is 0 Å².